The Morgan fingerprint density at radius 3 is 2.40 bits per heavy atom. The van der Waals surface area contributed by atoms with E-state index in [1.54, 1.807) is 0 Å². The quantitative estimate of drug-likeness (QED) is 0.161. The average Bonchev–Trinajstić information content (AvgIpc) is 2.99. The molecule has 2 saturated heterocycles. The molecule has 2 heterocycles. The summed E-state index contributed by atoms with van der Waals surface area (Å²) in [7, 11) is 1.39. The van der Waals surface area contributed by atoms with Crippen molar-refractivity contribution in [2.24, 2.45) is 0 Å². The fourth-order valence-electron chi connectivity index (χ4n) is 4.89. The molecule has 1 atom stereocenters. The van der Waals surface area contributed by atoms with Crippen LogP contribution >= 0.6 is 0 Å². The minimum atomic E-state index is -0.898. The van der Waals surface area contributed by atoms with Gasteiger partial charge < -0.3 is 25.2 Å². The molecular formula is C29H39N5O8. The number of imide groups is 1. The molecule has 3 rings (SSSR count). The molecule has 0 aromatic heterocycles. The second-order valence-electron chi connectivity index (χ2n) is 10.4. The molecule has 13 nitrogen and oxygen atoms in total. The van der Waals surface area contributed by atoms with Crippen LogP contribution in [0.15, 0.2) is 18.2 Å². The molecule has 1 aromatic carbocycles. The highest BCUT2D eigenvalue weighted by atomic mass is 16.5. The molecule has 1 aromatic rings. The van der Waals surface area contributed by atoms with E-state index in [0.717, 1.165) is 37.3 Å². The number of amides is 6. The molecule has 13 heteroatoms. The zero-order valence-corrected chi connectivity index (χ0v) is 23.9. The van der Waals surface area contributed by atoms with Gasteiger partial charge in [-0.15, -0.1) is 0 Å². The summed E-state index contributed by atoms with van der Waals surface area (Å²) in [5, 5.41) is 7.63. The number of hydrogen-bond donors (Lipinski definition) is 3. The van der Waals surface area contributed by atoms with E-state index in [9.17, 15) is 33.6 Å². The lowest BCUT2D eigenvalue weighted by Crippen LogP contribution is -2.53. The number of ether oxygens (including phenoxy) is 1. The van der Waals surface area contributed by atoms with Crippen LogP contribution in [0.3, 0.4) is 0 Å². The monoisotopic (exact) mass is 585 g/mol. The summed E-state index contributed by atoms with van der Waals surface area (Å²) in [6.45, 7) is 1.82. The normalized spacial score (nSPS) is 16.7. The van der Waals surface area contributed by atoms with Crippen LogP contribution in [-0.4, -0.2) is 97.4 Å². The largest absolute Gasteiger partial charge is 0.483 e. The summed E-state index contributed by atoms with van der Waals surface area (Å²) in [4.78, 5) is 88.2. The first-order valence-corrected chi connectivity index (χ1v) is 14.3. The predicted octanol–water partition coefficient (Wildman–Crippen LogP) is 0.560. The molecular weight excluding hydrogens is 546 g/mol. The van der Waals surface area contributed by atoms with Gasteiger partial charge >= 0.3 is 0 Å². The summed E-state index contributed by atoms with van der Waals surface area (Å²) >= 11 is 0. The summed E-state index contributed by atoms with van der Waals surface area (Å²) < 4.78 is 5.57. The fourth-order valence-corrected chi connectivity index (χ4v) is 4.89. The lowest BCUT2D eigenvalue weighted by atomic mass is 10.0. The molecule has 2 fully saturated rings. The van der Waals surface area contributed by atoms with Gasteiger partial charge in [0.15, 0.2) is 12.9 Å². The lowest BCUT2D eigenvalue weighted by Gasteiger charge is -2.30. The average molecular weight is 586 g/mol. The van der Waals surface area contributed by atoms with Crippen LogP contribution in [0.25, 0.3) is 0 Å². The lowest BCUT2D eigenvalue weighted by molar-refractivity contribution is -0.136. The Balaban J connectivity index is 1.39. The number of likely N-dealkylation sites (tertiary alicyclic amines) is 1. The highest BCUT2D eigenvalue weighted by molar-refractivity contribution is 6.07. The molecule has 42 heavy (non-hydrogen) atoms. The van der Waals surface area contributed by atoms with Crippen LogP contribution in [0.1, 0.15) is 78.5 Å². The van der Waals surface area contributed by atoms with Crippen molar-refractivity contribution in [1.82, 2.24) is 25.8 Å². The van der Waals surface area contributed by atoms with Crippen LogP contribution in [0.4, 0.5) is 0 Å². The van der Waals surface area contributed by atoms with Crippen molar-refractivity contribution in [2.45, 2.75) is 63.8 Å². The number of aldehydes is 1. The SMILES string of the molecule is CN(C(=O)c1c(C=O)cccc1OCC(=O)NCCCC(=O)NCCCC(=O)N1CCCCC1)C1CCC(=O)NC1=O. The van der Waals surface area contributed by atoms with Crippen molar-refractivity contribution in [3.8, 4) is 5.75 Å². The number of carbonyl (C=O) groups is 7. The zero-order chi connectivity index (χ0) is 30.5. The third-order valence-electron chi connectivity index (χ3n) is 7.26. The standard InChI is InChI=1S/C29H39N5O8/c1-33(21-12-13-24(37)32-28(21)40)29(41)27-20(18-35)8-5-9-22(27)42-19-25(38)31-14-6-10-23(36)30-15-7-11-26(39)34-16-3-2-4-17-34/h5,8-9,18,21H,2-4,6-7,10-17,19H2,1H3,(H,30,36)(H,31,38)(H,32,37,40). The first-order chi connectivity index (χ1) is 20.2. The zero-order valence-electron chi connectivity index (χ0n) is 23.9. The number of piperidine rings is 2. The summed E-state index contributed by atoms with van der Waals surface area (Å²) in [5.74, 6) is -2.22. The van der Waals surface area contributed by atoms with E-state index >= 15 is 0 Å². The van der Waals surface area contributed by atoms with Crippen LogP contribution in [0.2, 0.25) is 0 Å². The van der Waals surface area contributed by atoms with E-state index in [1.807, 2.05) is 4.90 Å². The Labute approximate surface area is 244 Å². The van der Waals surface area contributed by atoms with Gasteiger partial charge in [-0.1, -0.05) is 12.1 Å². The van der Waals surface area contributed by atoms with Crippen LogP contribution < -0.4 is 20.7 Å². The van der Waals surface area contributed by atoms with Gasteiger partial charge in [0.2, 0.25) is 23.6 Å². The van der Waals surface area contributed by atoms with Gasteiger partial charge in [-0.2, -0.15) is 0 Å². The maximum Gasteiger partial charge on any atom is 0.258 e. The molecule has 2 aliphatic heterocycles. The topological polar surface area (TPSA) is 171 Å². The smallest absolute Gasteiger partial charge is 0.258 e. The van der Waals surface area contributed by atoms with E-state index in [4.69, 9.17) is 4.74 Å². The second-order valence-corrected chi connectivity index (χ2v) is 10.4. The summed E-state index contributed by atoms with van der Waals surface area (Å²) in [5.41, 5.74) is -0.0688. The van der Waals surface area contributed by atoms with Crippen LogP contribution in [0, 0.1) is 0 Å². The highest BCUT2D eigenvalue weighted by Crippen LogP contribution is 2.25. The van der Waals surface area contributed by atoms with Crippen molar-refractivity contribution in [3.63, 3.8) is 0 Å². The van der Waals surface area contributed by atoms with Crippen molar-refractivity contribution < 1.29 is 38.3 Å². The predicted molar refractivity (Wildman–Crippen MR) is 151 cm³/mol. The molecule has 0 saturated carbocycles. The highest BCUT2D eigenvalue weighted by Gasteiger charge is 2.34. The maximum absolute atomic E-state index is 13.3. The third-order valence-corrected chi connectivity index (χ3v) is 7.26. The Kier molecular flexibility index (Phi) is 12.5. The third kappa shape index (κ3) is 9.38. The van der Waals surface area contributed by atoms with Gasteiger partial charge in [0, 0.05) is 58.1 Å². The molecule has 0 aliphatic carbocycles. The second kappa shape index (κ2) is 16.2. The van der Waals surface area contributed by atoms with Crippen molar-refractivity contribution in [3.05, 3.63) is 29.3 Å². The van der Waals surface area contributed by atoms with E-state index in [2.05, 4.69) is 16.0 Å². The molecule has 1 unspecified atom stereocenters. The van der Waals surface area contributed by atoms with E-state index < -0.39 is 36.3 Å². The Morgan fingerprint density at radius 1 is 1.02 bits per heavy atom. The first kappa shape index (κ1) is 32.2. The molecule has 228 valence electrons. The van der Waals surface area contributed by atoms with Crippen molar-refractivity contribution >= 4 is 41.7 Å². The summed E-state index contributed by atoms with van der Waals surface area (Å²) in [6, 6.07) is 3.46. The number of likely N-dealkylation sites (N-methyl/N-ethyl adjacent to an activating group) is 1. The van der Waals surface area contributed by atoms with Crippen LogP contribution in [0.5, 0.6) is 5.75 Å². The van der Waals surface area contributed by atoms with E-state index in [0.29, 0.717) is 32.1 Å². The molecule has 0 radical (unpaired) electrons. The van der Waals surface area contributed by atoms with E-state index in [-0.39, 0.29) is 54.5 Å². The Morgan fingerprint density at radius 2 is 1.71 bits per heavy atom. The first-order valence-electron chi connectivity index (χ1n) is 14.3. The molecule has 0 spiro atoms. The van der Waals surface area contributed by atoms with Gasteiger partial charge in [-0.3, -0.25) is 38.9 Å². The Bertz CT molecular complexity index is 1180. The van der Waals surface area contributed by atoms with Gasteiger partial charge in [0.05, 0.1) is 5.56 Å². The number of hydrogen-bond acceptors (Lipinski definition) is 8. The number of benzene rings is 1. The molecule has 3 N–H and O–H groups in total. The van der Waals surface area contributed by atoms with Crippen molar-refractivity contribution in [1.29, 1.82) is 0 Å². The summed E-state index contributed by atoms with van der Waals surface area (Å²) in [6.07, 6.45) is 5.54. The molecule has 2 aliphatic rings. The number of nitrogens with one attached hydrogen (secondary N) is 3. The minimum absolute atomic E-state index is 0.00274. The number of nitrogens with zero attached hydrogens (tertiary/aromatic N) is 2. The number of rotatable bonds is 14. The van der Waals surface area contributed by atoms with Gasteiger partial charge in [0.1, 0.15) is 11.8 Å². The number of carbonyl (C=O) groups excluding carboxylic acids is 7. The molecule has 6 amide bonds. The van der Waals surface area contributed by atoms with Gasteiger partial charge in [0.25, 0.3) is 11.8 Å². The fraction of sp³-hybridized carbons (Fsp3) is 0.552. The Hall–Kier alpha value is -4.29. The van der Waals surface area contributed by atoms with Crippen LogP contribution in [-0.2, 0) is 24.0 Å². The minimum Gasteiger partial charge on any atom is -0.483 e. The van der Waals surface area contributed by atoms with Gasteiger partial charge in [-0.05, 0) is 44.6 Å². The maximum atomic E-state index is 13.3. The van der Waals surface area contributed by atoms with Crippen molar-refractivity contribution in [2.75, 3.05) is 39.8 Å². The molecule has 0 bridgehead atoms. The van der Waals surface area contributed by atoms with E-state index in [1.165, 1.54) is 25.2 Å². The van der Waals surface area contributed by atoms with Gasteiger partial charge in [-0.25, -0.2) is 0 Å².